The fraction of sp³-hybridized carbons (Fsp3) is 0.650. The van der Waals surface area contributed by atoms with Crippen molar-refractivity contribution in [1.29, 1.82) is 0 Å². The van der Waals surface area contributed by atoms with Crippen molar-refractivity contribution in [2.24, 2.45) is 0 Å². The molecular formula is C20H32N4O2. The molecule has 0 saturated carbocycles. The first kappa shape index (κ1) is 19.1. The van der Waals surface area contributed by atoms with Crippen molar-refractivity contribution >= 4 is 17.3 Å². The number of benzene rings is 1. The van der Waals surface area contributed by atoms with Crippen LogP contribution in [0.25, 0.3) is 0 Å². The number of rotatable bonds is 5. The molecule has 2 atom stereocenters. The number of amides is 1. The van der Waals surface area contributed by atoms with Crippen LogP contribution in [0.3, 0.4) is 0 Å². The number of carbonyl (C=O) groups excluding carboxylic acids is 1. The van der Waals surface area contributed by atoms with E-state index in [1.807, 2.05) is 12.1 Å². The summed E-state index contributed by atoms with van der Waals surface area (Å²) in [5, 5.41) is 3.02. The van der Waals surface area contributed by atoms with Gasteiger partial charge in [-0.3, -0.25) is 9.69 Å². The lowest BCUT2D eigenvalue weighted by Gasteiger charge is -2.35. The molecule has 6 nitrogen and oxygen atoms in total. The van der Waals surface area contributed by atoms with Crippen LogP contribution in [0.1, 0.15) is 20.8 Å². The fourth-order valence-corrected chi connectivity index (χ4v) is 3.89. The van der Waals surface area contributed by atoms with Gasteiger partial charge in [-0.05, 0) is 44.7 Å². The third kappa shape index (κ3) is 5.19. The first-order valence-electron chi connectivity index (χ1n) is 9.78. The van der Waals surface area contributed by atoms with Crippen molar-refractivity contribution in [2.45, 2.75) is 33.0 Å². The van der Waals surface area contributed by atoms with Crippen molar-refractivity contribution in [1.82, 2.24) is 9.80 Å². The van der Waals surface area contributed by atoms with Crippen LogP contribution in [-0.2, 0) is 9.53 Å². The third-order valence-corrected chi connectivity index (χ3v) is 5.20. The van der Waals surface area contributed by atoms with Crippen molar-refractivity contribution in [2.75, 3.05) is 62.6 Å². The highest BCUT2D eigenvalue weighted by atomic mass is 16.5. The Balaban J connectivity index is 1.48. The molecule has 0 spiro atoms. The summed E-state index contributed by atoms with van der Waals surface area (Å²) in [6, 6.07) is 8.22. The predicted molar refractivity (Wildman–Crippen MR) is 106 cm³/mol. The molecule has 1 aromatic carbocycles. The van der Waals surface area contributed by atoms with E-state index in [-0.39, 0.29) is 18.1 Å². The summed E-state index contributed by atoms with van der Waals surface area (Å²) < 4.78 is 5.72. The molecular weight excluding hydrogens is 328 g/mol. The van der Waals surface area contributed by atoms with Crippen molar-refractivity contribution in [3.05, 3.63) is 24.3 Å². The summed E-state index contributed by atoms with van der Waals surface area (Å²) in [4.78, 5) is 19.4. The number of carbonyl (C=O) groups is 1. The number of hydrogen-bond acceptors (Lipinski definition) is 5. The molecule has 0 aromatic heterocycles. The normalized spacial score (nSPS) is 25.3. The van der Waals surface area contributed by atoms with E-state index in [1.165, 1.54) is 5.69 Å². The van der Waals surface area contributed by atoms with Gasteiger partial charge in [-0.25, -0.2) is 0 Å². The summed E-state index contributed by atoms with van der Waals surface area (Å²) >= 11 is 0. The predicted octanol–water partition coefficient (Wildman–Crippen LogP) is 1.88. The second-order valence-electron chi connectivity index (χ2n) is 7.47. The number of likely N-dealkylation sites (N-methyl/N-ethyl adjacent to an activating group) is 1. The van der Waals surface area contributed by atoms with Gasteiger partial charge in [0, 0.05) is 50.6 Å². The minimum atomic E-state index is 0.0376. The second kappa shape index (κ2) is 8.84. The number of anilines is 2. The van der Waals surface area contributed by atoms with Gasteiger partial charge in [0.15, 0.2) is 0 Å². The SMILES string of the molecule is CCN1CCN(c2ccc(NC(=O)CN3C[C@@H](C)O[C@@H](C)C3)cc2)CC1. The molecule has 0 aliphatic carbocycles. The van der Waals surface area contributed by atoms with Gasteiger partial charge in [0.25, 0.3) is 0 Å². The Bertz CT molecular complexity index is 574. The van der Waals surface area contributed by atoms with E-state index in [4.69, 9.17) is 4.74 Å². The molecule has 2 aliphatic heterocycles. The molecule has 2 aliphatic rings. The van der Waals surface area contributed by atoms with Gasteiger partial charge < -0.3 is 19.9 Å². The van der Waals surface area contributed by atoms with Gasteiger partial charge >= 0.3 is 0 Å². The summed E-state index contributed by atoms with van der Waals surface area (Å²) in [5.41, 5.74) is 2.09. The Morgan fingerprint density at radius 1 is 1.04 bits per heavy atom. The molecule has 2 heterocycles. The Morgan fingerprint density at radius 2 is 1.65 bits per heavy atom. The van der Waals surface area contributed by atoms with Crippen LogP contribution in [0.2, 0.25) is 0 Å². The van der Waals surface area contributed by atoms with Gasteiger partial charge in [-0.1, -0.05) is 6.92 Å². The minimum Gasteiger partial charge on any atom is -0.373 e. The molecule has 0 radical (unpaired) electrons. The maximum absolute atomic E-state index is 12.3. The molecule has 0 bridgehead atoms. The zero-order valence-electron chi connectivity index (χ0n) is 16.3. The lowest BCUT2D eigenvalue weighted by molar-refractivity contribution is -0.121. The van der Waals surface area contributed by atoms with Crippen LogP contribution < -0.4 is 10.2 Å². The van der Waals surface area contributed by atoms with Crippen molar-refractivity contribution < 1.29 is 9.53 Å². The van der Waals surface area contributed by atoms with Crippen LogP contribution in [0, 0.1) is 0 Å². The van der Waals surface area contributed by atoms with Crippen molar-refractivity contribution in [3.63, 3.8) is 0 Å². The molecule has 6 heteroatoms. The highest BCUT2D eigenvalue weighted by Gasteiger charge is 2.23. The third-order valence-electron chi connectivity index (χ3n) is 5.20. The van der Waals surface area contributed by atoms with Gasteiger partial charge in [-0.15, -0.1) is 0 Å². The van der Waals surface area contributed by atoms with E-state index in [0.717, 1.165) is 51.5 Å². The van der Waals surface area contributed by atoms with Gasteiger partial charge in [0.05, 0.1) is 18.8 Å². The summed E-state index contributed by atoms with van der Waals surface area (Å²) in [6.45, 7) is 13.8. The monoisotopic (exact) mass is 360 g/mol. The Morgan fingerprint density at radius 3 is 2.23 bits per heavy atom. The average molecular weight is 361 g/mol. The quantitative estimate of drug-likeness (QED) is 0.869. The van der Waals surface area contributed by atoms with E-state index in [0.29, 0.717) is 6.54 Å². The van der Waals surface area contributed by atoms with E-state index in [2.05, 4.69) is 52.9 Å². The number of nitrogens with one attached hydrogen (secondary N) is 1. The highest BCUT2D eigenvalue weighted by molar-refractivity contribution is 5.92. The maximum Gasteiger partial charge on any atom is 0.238 e. The smallest absolute Gasteiger partial charge is 0.238 e. The lowest BCUT2D eigenvalue weighted by Crippen LogP contribution is -2.48. The number of morpholine rings is 1. The number of nitrogens with zero attached hydrogens (tertiary/aromatic N) is 3. The zero-order valence-corrected chi connectivity index (χ0v) is 16.3. The van der Waals surface area contributed by atoms with Gasteiger partial charge in [0.1, 0.15) is 0 Å². The van der Waals surface area contributed by atoms with Crippen LogP contribution in [0.15, 0.2) is 24.3 Å². The Hall–Kier alpha value is -1.63. The van der Waals surface area contributed by atoms with Gasteiger partial charge in [-0.2, -0.15) is 0 Å². The Kier molecular flexibility index (Phi) is 6.51. The molecule has 2 fully saturated rings. The summed E-state index contributed by atoms with van der Waals surface area (Å²) in [6.07, 6.45) is 0.359. The first-order chi connectivity index (χ1) is 12.5. The maximum atomic E-state index is 12.3. The van der Waals surface area contributed by atoms with E-state index < -0.39 is 0 Å². The van der Waals surface area contributed by atoms with E-state index in [1.54, 1.807) is 0 Å². The first-order valence-corrected chi connectivity index (χ1v) is 9.78. The molecule has 26 heavy (non-hydrogen) atoms. The molecule has 2 saturated heterocycles. The lowest BCUT2D eigenvalue weighted by atomic mass is 10.2. The fourth-order valence-electron chi connectivity index (χ4n) is 3.89. The van der Waals surface area contributed by atoms with E-state index >= 15 is 0 Å². The largest absolute Gasteiger partial charge is 0.373 e. The highest BCUT2D eigenvalue weighted by Crippen LogP contribution is 2.19. The average Bonchev–Trinajstić information content (AvgIpc) is 2.61. The summed E-state index contributed by atoms with van der Waals surface area (Å²) in [5.74, 6) is 0.0376. The molecule has 3 rings (SSSR count). The van der Waals surface area contributed by atoms with Crippen molar-refractivity contribution in [3.8, 4) is 0 Å². The minimum absolute atomic E-state index is 0.0376. The molecule has 144 valence electrons. The zero-order chi connectivity index (χ0) is 18.5. The Labute approximate surface area is 157 Å². The van der Waals surface area contributed by atoms with Crippen LogP contribution in [-0.4, -0.2) is 80.3 Å². The van der Waals surface area contributed by atoms with Gasteiger partial charge in [0.2, 0.25) is 5.91 Å². The standard InChI is InChI=1S/C20H32N4O2/c1-4-22-9-11-24(12-10-22)19-7-5-18(6-8-19)21-20(25)15-23-13-16(2)26-17(3)14-23/h5-8,16-17H,4,9-15H2,1-3H3,(H,21,25)/t16-,17+. The second-order valence-corrected chi connectivity index (χ2v) is 7.47. The number of ether oxygens (including phenoxy) is 1. The molecule has 1 N–H and O–H groups in total. The molecule has 0 unspecified atom stereocenters. The van der Waals surface area contributed by atoms with Crippen LogP contribution >= 0.6 is 0 Å². The molecule has 1 aromatic rings. The molecule has 1 amide bonds. The van der Waals surface area contributed by atoms with Crippen LogP contribution in [0.5, 0.6) is 0 Å². The van der Waals surface area contributed by atoms with E-state index in [9.17, 15) is 4.79 Å². The topological polar surface area (TPSA) is 48.0 Å². The number of piperazine rings is 1. The van der Waals surface area contributed by atoms with Crippen LogP contribution in [0.4, 0.5) is 11.4 Å². The number of hydrogen-bond donors (Lipinski definition) is 1. The summed E-state index contributed by atoms with van der Waals surface area (Å²) in [7, 11) is 0.